The molecule has 3 saturated carbocycles. The Hall–Kier alpha value is -8.86. The molecule has 10 amide bonds. The molecule has 3 aromatic rings. The number of amides is 10. The first kappa shape index (κ1) is 104. The van der Waals surface area contributed by atoms with E-state index in [9.17, 15) is 72.5 Å². The van der Waals surface area contributed by atoms with E-state index >= 15 is 0 Å². The number of carbonyl (C=O) groups excluding carboxylic acids is 13. The minimum absolute atomic E-state index is 0.00259. The van der Waals surface area contributed by atoms with Gasteiger partial charge in [-0.3, -0.25) is 71.8 Å². The van der Waals surface area contributed by atoms with Gasteiger partial charge in [0, 0.05) is 80.5 Å². The van der Waals surface area contributed by atoms with Gasteiger partial charge in [0.15, 0.2) is 22.8 Å². The highest BCUT2D eigenvalue weighted by molar-refractivity contribution is 8.01. The Balaban J connectivity index is 0.851. The summed E-state index contributed by atoms with van der Waals surface area (Å²) in [4.78, 5) is 192. The van der Waals surface area contributed by atoms with Crippen molar-refractivity contribution in [3.8, 4) is 6.01 Å². The number of thioether (sulfide) groups is 2. The quantitative estimate of drug-likeness (QED) is 0.0216. The zero-order valence-electron chi connectivity index (χ0n) is 74.9. The largest absolute Gasteiger partial charge is 0.480 e. The van der Waals surface area contributed by atoms with Gasteiger partial charge in [-0.25, -0.2) is 0 Å². The number of aliphatic hydroxyl groups excluding tert-OH is 1. The summed E-state index contributed by atoms with van der Waals surface area (Å²) in [5.74, 6) is -5.58. The van der Waals surface area contributed by atoms with Crippen LogP contribution in [-0.2, 0) is 78.3 Å². The molecule has 2 aliphatic heterocycles. The number of nitrogens with one attached hydrogen (secondary N) is 10. The fraction of sp³-hybridized carbons (Fsp3) is 0.727. The van der Waals surface area contributed by atoms with Gasteiger partial charge in [0.05, 0.1) is 36.2 Å². The number of nitrogen functional groups attached to an aromatic ring is 1. The number of imide groups is 1. The average Bonchev–Trinajstić information content (AvgIpc) is 1.42. The Morgan fingerprint density at radius 1 is 0.630 bits per heavy atom. The van der Waals surface area contributed by atoms with Gasteiger partial charge in [-0.2, -0.15) is 26.7 Å². The second-order valence-corrected chi connectivity index (χ2v) is 37.3. The van der Waals surface area contributed by atoms with Crippen molar-refractivity contribution < 1.29 is 82.0 Å². The average molecular weight is 1820 g/mol. The number of carbonyl (C=O) groups is 13. The first-order valence-electron chi connectivity index (χ1n) is 46.0. The second kappa shape index (κ2) is 52.7. The zero-order chi connectivity index (χ0) is 92.2. The molecule has 3 aliphatic carbocycles. The van der Waals surface area contributed by atoms with Crippen LogP contribution in [0.2, 0.25) is 0 Å². The number of unbranched alkanes of at least 4 members (excludes halogenated alkanes) is 6. The Kier molecular flexibility index (Phi) is 43.0. The van der Waals surface area contributed by atoms with Gasteiger partial charge < -0.3 is 102 Å². The number of benzene rings is 1. The van der Waals surface area contributed by atoms with Gasteiger partial charge in [-0.05, 0) is 203 Å². The molecule has 0 spiro atoms. The van der Waals surface area contributed by atoms with Crippen molar-refractivity contribution in [2.24, 2.45) is 52.0 Å². The summed E-state index contributed by atoms with van der Waals surface area (Å²) in [6, 6.07) is -1.84. The van der Waals surface area contributed by atoms with E-state index in [1.807, 2.05) is 6.92 Å². The maximum atomic E-state index is 14.9. The number of Topliss-reactive ketones (excluding diaryl/α,β-unsaturated/α-hetero) is 1. The topological polar surface area (TPSA) is 578 Å². The number of ether oxygens (including phenoxy) is 2. The highest BCUT2D eigenvalue weighted by Gasteiger charge is 2.74. The molecule has 5 fully saturated rings. The van der Waals surface area contributed by atoms with Crippen LogP contribution in [0, 0.1) is 29.1 Å². The van der Waals surface area contributed by atoms with E-state index in [4.69, 9.17) is 38.1 Å². The molecule has 22 N–H and O–H groups in total. The summed E-state index contributed by atoms with van der Waals surface area (Å²) >= 11 is 2.27. The van der Waals surface area contributed by atoms with Gasteiger partial charge in [0.1, 0.15) is 42.9 Å². The van der Waals surface area contributed by atoms with Gasteiger partial charge in [0.2, 0.25) is 65.0 Å². The van der Waals surface area contributed by atoms with E-state index < -0.39 is 102 Å². The molecule has 37 nitrogen and oxygen atoms in total. The number of fused-ring (bicyclic) bond motifs is 5. The van der Waals surface area contributed by atoms with Crippen molar-refractivity contribution >= 4 is 129 Å². The molecular formula is C88H142N20O17S2. The molecule has 39 heteroatoms. The van der Waals surface area contributed by atoms with E-state index in [0.29, 0.717) is 131 Å². The Morgan fingerprint density at radius 2 is 1.18 bits per heavy atom. The number of hydrogen-bond donors (Lipinski definition) is 17. The van der Waals surface area contributed by atoms with E-state index in [1.165, 1.54) is 86.4 Å². The zero-order valence-corrected chi connectivity index (χ0v) is 76.5. The number of aromatic nitrogens is 4. The number of nitrogens with two attached hydrogens (primary N) is 5. The van der Waals surface area contributed by atoms with E-state index in [2.05, 4.69) is 82.0 Å². The van der Waals surface area contributed by atoms with Crippen LogP contribution in [0.4, 0.5) is 17.5 Å². The van der Waals surface area contributed by atoms with Crippen molar-refractivity contribution in [1.29, 1.82) is 0 Å². The number of nitrogens with zero attached hydrogens (tertiary/aromatic N) is 5. The summed E-state index contributed by atoms with van der Waals surface area (Å²) in [5.41, 5.74) is 31.1. The maximum Gasteiger partial charge on any atom is 0.303 e. The maximum absolute atomic E-state index is 14.9. The molecule has 1 aromatic carbocycles. The van der Waals surface area contributed by atoms with Gasteiger partial charge in [0.25, 0.3) is 6.01 Å². The van der Waals surface area contributed by atoms with Crippen LogP contribution in [-0.4, -0.2) is 247 Å². The normalized spacial score (nSPS) is 22.3. The third-order valence-electron chi connectivity index (χ3n) is 25.5. The summed E-state index contributed by atoms with van der Waals surface area (Å²) in [6.07, 6.45) is 19.6. The molecule has 0 radical (unpaired) electrons. The molecule has 2 aromatic heterocycles. The van der Waals surface area contributed by atoms with Crippen LogP contribution in [0.1, 0.15) is 239 Å². The van der Waals surface area contributed by atoms with Crippen LogP contribution in [0.3, 0.4) is 0 Å². The smallest absolute Gasteiger partial charge is 0.303 e. The SMILES string of the molecule is CCCCNc1nc(N)c2nc(O)n(Cc3ccc(NC(=O)C(CCCCNC(=O)C4CCC(CN5C(=O)CC(SCC(=O)NCCCCC6NC7(C)C8CCCCCCCCCC8C7(C)C6=O)C5=O)CC4)NC(=O)C(CCCCN)NC(=O)C(CCCCN)NC(=O)C(CCCCN)NC(=O)C(CO)NC(=O)C(N)CSCC(COC(C)=O)OC(C)=O)cc3)c2n1. The second-order valence-electron chi connectivity index (χ2n) is 35.0. The van der Waals surface area contributed by atoms with Crippen molar-refractivity contribution in [3.05, 3.63) is 29.8 Å². The minimum Gasteiger partial charge on any atom is -0.480 e. The third kappa shape index (κ3) is 30.6. The van der Waals surface area contributed by atoms with Crippen molar-refractivity contribution in [2.75, 3.05) is 92.7 Å². The number of ketones is 1. The van der Waals surface area contributed by atoms with Crippen LogP contribution in [0.5, 0.6) is 6.01 Å². The van der Waals surface area contributed by atoms with Crippen molar-refractivity contribution in [1.82, 2.24) is 67.0 Å². The number of aliphatic hydroxyl groups is 1. The highest BCUT2D eigenvalue weighted by atomic mass is 32.2. The van der Waals surface area contributed by atoms with Gasteiger partial charge in [-0.1, -0.05) is 77.3 Å². The van der Waals surface area contributed by atoms with Crippen LogP contribution in [0.15, 0.2) is 24.3 Å². The lowest BCUT2D eigenvalue weighted by Crippen LogP contribution is -2.71. The highest BCUT2D eigenvalue weighted by Crippen LogP contribution is 2.66. The predicted molar refractivity (Wildman–Crippen MR) is 486 cm³/mol. The Labute approximate surface area is 753 Å². The Bertz CT molecular complexity index is 4140. The van der Waals surface area contributed by atoms with Gasteiger partial charge >= 0.3 is 11.9 Å². The third-order valence-corrected chi connectivity index (χ3v) is 27.9. The number of rotatable bonds is 54. The molecule has 2 saturated heterocycles. The van der Waals surface area contributed by atoms with E-state index in [1.54, 1.807) is 24.3 Å². The number of esters is 2. The van der Waals surface area contributed by atoms with E-state index in [-0.39, 0.29) is 171 Å². The molecule has 0 bridgehead atoms. The van der Waals surface area contributed by atoms with Crippen LogP contribution < -0.4 is 81.8 Å². The summed E-state index contributed by atoms with van der Waals surface area (Å²) in [5, 5.41) is 50.1. The fourth-order valence-corrected chi connectivity index (χ4v) is 20.1. The number of hydrogen-bond acceptors (Lipinski definition) is 29. The lowest BCUT2D eigenvalue weighted by molar-refractivity contribution is -0.157. The molecule has 5 aliphatic rings. The van der Waals surface area contributed by atoms with Crippen LogP contribution in [0.25, 0.3) is 11.2 Å². The monoisotopic (exact) mass is 1820 g/mol. The number of imidazole rings is 1. The molecule has 708 valence electrons. The van der Waals surface area contributed by atoms with E-state index in [0.717, 1.165) is 43.9 Å². The lowest BCUT2D eigenvalue weighted by atomic mass is 9.42. The molecular weight excluding hydrogens is 1670 g/mol. The first-order chi connectivity index (χ1) is 61.0. The number of likely N-dealkylation sites (tertiary alicyclic amines) is 1. The molecule has 13 atom stereocenters. The van der Waals surface area contributed by atoms with Crippen LogP contribution >= 0.6 is 23.5 Å². The summed E-state index contributed by atoms with van der Waals surface area (Å²) in [7, 11) is 0. The standard InChI is InChI=1S/C88H142N20O17S2/c1-6-7-43-96-85-104-75(93)73-76(105-85)108(86(123)103-73)48-57-34-38-59(39-35-57)97-79(117)65(98-80(118)66(28-15-20-40-89)99-81(119)67(29-16-21-41-90)100-82(120)68(30-17-22-42-91)101-83(121)69(49-109)102-78(116)63(92)52-126-51-60(125-55(3)111)50-124-54(2)110)31-19-24-45-95-77(115)58-36-32-56(33-37-58)47-107-72(113)46-70(84(107)122)127-53-71(112)94-44-23-18-27-64-74(114)87(4)61-25-13-11-9-8-10-12-14-26-62(61)88(87,5)106-64/h34-35,38-39,56,58,60-70,106,109H,6-33,36-37,40-53,89-92H2,1-5H3,(H,94,112)(H,95,115)(H,97,117)(H,98,118)(H,99,119)(H,100,120)(H,101,121)(H,102,116)(H,103,123)(H3,93,96,104,105). The Morgan fingerprint density at radius 3 is 1.76 bits per heavy atom. The van der Waals surface area contributed by atoms with Gasteiger partial charge in [-0.15, -0.1) is 11.8 Å². The summed E-state index contributed by atoms with van der Waals surface area (Å²) < 4.78 is 11.6. The predicted octanol–water partition coefficient (Wildman–Crippen LogP) is 3.99. The molecule has 127 heavy (non-hydrogen) atoms. The lowest BCUT2D eigenvalue weighted by Gasteiger charge is -2.63. The fourth-order valence-electron chi connectivity index (χ4n) is 18.2. The first-order valence-corrected chi connectivity index (χ1v) is 48.2. The van der Waals surface area contributed by atoms with Crippen molar-refractivity contribution in [3.63, 3.8) is 0 Å². The molecule has 13 unspecified atom stereocenters. The summed E-state index contributed by atoms with van der Waals surface area (Å²) in [6.45, 7) is 10.1. The number of aromatic hydroxyl groups is 1. The molecule has 4 heterocycles. The number of anilines is 3. The van der Waals surface area contributed by atoms with Crippen molar-refractivity contribution in [2.45, 2.75) is 299 Å². The minimum atomic E-state index is -1.60. The molecule has 8 rings (SSSR count).